The minimum Gasteiger partial charge on any atom is -0.482 e. The van der Waals surface area contributed by atoms with Gasteiger partial charge in [-0.1, -0.05) is 5.16 Å². The number of nitrogens with zero attached hydrogens (tertiary/aromatic N) is 1. The van der Waals surface area contributed by atoms with E-state index in [-0.39, 0.29) is 29.7 Å². The number of rotatable bonds is 6. The van der Waals surface area contributed by atoms with E-state index in [0.717, 1.165) is 31.6 Å². The molecule has 0 radical (unpaired) electrons. The monoisotopic (exact) mass is 337 g/mol. The summed E-state index contributed by atoms with van der Waals surface area (Å²) in [6.07, 6.45) is 1.03. The number of amides is 1. The molecule has 0 saturated carbocycles. The minimum atomic E-state index is -0.808. The number of benzene rings is 1. The van der Waals surface area contributed by atoms with Gasteiger partial charge in [0.25, 0.3) is 5.91 Å². The predicted octanol–water partition coefficient (Wildman–Crippen LogP) is 1.87. The van der Waals surface area contributed by atoms with Crippen LogP contribution < -0.4 is 15.4 Å². The van der Waals surface area contributed by atoms with Gasteiger partial charge in [0.05, 0.1) is 0 Å². The van der Waals surface area contributed by atoms with E-state index >= 15 is 0 Å². The van der Waals surface area contributed by atoms with Crippen molar-refractivity contribution in [3.8, 4) is 5.75 Å². The van der Waals surface area contributed by atoms with Crippen LogP contribution in [0.4, 0.5) is 8.78 Å². The van der Waals surface area contributed by atoms with Crippen LogP contribution in [0.3, 0.4) is 0 Å². The van der Waals surface area contributed by atoms with Crippen molar-refractivity contribution in [2.75, 3.05) is 19.6 Å². The number of hydrogen-bond acceptors (Lipinski definition) is 5. The fraction of sp³-hybridized carbons (Fsp3) is 0.375. The van der Waals surface area contributed by atoms with Crippen molar-refractivity contribution >= 4 is 5.91 Å². The van der Waals surface area contributed by atoms with Gasteiger partial charge in [-0.15, -0.1) is 0 Å². The molecule has 1 amide bonds. The van der Waals surface area contributed by atoms with Crippen molar-refractivity contribution in [3.63, 3.8) is 0 Å². The average molecular weight is 337 g/mol. The Balaban J connectivity index is 1.51. The van der Waals surface area contributed by atoms with Crippen molar-refractivity contribution in [1.29, 1.82) is 0 Å². The normalized spacial score (nSPS) is 17.0. The molecule has 0 bridgehead atoms. The van der Waals surface area contributed by atoms with E-state index in [9.17, 15) is 13.6 Å². The van der Waals surface area contributed by atoms with Gasteiger partial charge in [0.1, 0.15) is 12.4 Å². The van der Waals surface area contributed by atoms with E-state index in [2.05, 4.69) is 15.8 Å². The molecule has 1 aliphatic heterocycles. The van der Waals surface area contributed by atoms with Gasteiger partial charge < -0.3 is 19.9 Å². The van der Waals surface area contributed by atoms with Crippen LogP contribution in [0.2, 0.25) is 0 Å². The Morgan fingerprint density at radius 2 is 2.29 bits per heavy atom. The molecule has 8 heteroatoms. The summed E-state index contributed by atoms with van der Waals surface area (Å²) < 4.78 is 36.5. The molecule has 3 rings (SSSR count). The highest BCUT2D eigenvalue weighted by atomic mass is 19.1. The summed E-state index contributed by atoms with van der Waals surface area (Å²) >= 11 is 0. The highest BCUT2D eigenvalue weighted by Gasteiger charge is 2.18. The van der Waals surface area contributed by atoms with Gasteiger partial charge >= 0.3 is 0 Å². The van der Waals surface area contributed by atoms with Gasteiger partial charge in [-0.25, -0.2) is 8.78 Å². The van der Waals surface area contributed by atoms with Crippen molar-refractivity contribution < 1.29 is 22.8 Å². The molecule has 1 atom stereocenters. The maximum Gasteiger partial charge on any atom is 0.273 e. The molecule has 2 N–H and O–H groups in total. The lowest BCUT2D eigenvalue weighted by Crippen LogP contribution is -2.30. The summed E-state index contributed by atoms with van der Waals surface area (Å²) in [4.78, 5) is 12.0. The number of halogens is 2. The summed E-state index contributed by atoms with van der Waals surface area (Å²) in [7, 11) is 0. The molecule has 0 aliphatic carbocycles. The molecule has 1 aromatic carbocycles. The molecule has 2 heterocycles. The Hall–Kier alpha value is -2.48. The Bertz CT molecular complexity index is 714. The molecular weight excluding hydrogens is 320 g/mol. The minimum absolute atomic E-state index is 0.104. The molecule has 1 aliphatic rings. The second kappa shape index (κ2) is 7.39. The lowest BCUT2D eigenvalue weighted by Gasteiger charge is -2.08. The predicted molar refractivity (Wildman–Crippen MR) is 80.5 cm³/mol. The molecule has 1 fully saturated rings. The van der Waals surface area contributed by atoms with Crippen molar-refractivity contribution in [2.24, 2.45) is 5.92 Å². The van der Waals surface area contributed by atoms with Crippen molar-refractivity contribution in [1.82, 2.24) is 15.8 Å². The molecule has 1 saturated heterocycles. The van der Waals surface area contributed by atoms with Crippen LogP contribution in [0.5, 0.6) is 5.75 Å². The lowest BCUT2D eigenvalue weighted by atomic mass is 10.1. The van der Waals surface area contributed by atoms with Crippen LogP contribution >= 0.6 is 0 Å². The average Bonchev–Trinajstić information content (AvgIpc) is 3.23. The van der Waals surface area contributed by atoms with Crippen molar-refractivity contribution in [3.05, 3.63) is 47.4 Å². The highest BCUT2D eigenvalue weighted by Crippen LogP contribution is 2.19. The Labute approximate surface area is 137 Å². The summed E-state index contributed by atoms with van der Waals surface area (Å²) in [5.41, 5.74) is 0.138. The first-order chi connectivity index (χ1) is 11.6. The molecule has 0 unspecified atom stereocenters. The molecule has 2 aromatic rings. The third kappa shape index (κ3) is 4.08. The molecule has 0 spiro atoms. The SMILES string of the molecule is O=C(NC[C@@H]1CCNC1)c1cc(COc2ccc(F)cc2F)on1. The number of ether oxygens (including phenoxy) is 1. The number of aromatic nitrogens is 1. The van der Waals surface area contributed by atoms with E-state index in [1.165, 1.54) is 12.1 Å². The van der Waals surface area contributed by atoms with Crippen LogP contribution in [-0.2, 0) is 6.61 Å². The first kappa shape index (κ1) is 16.4. The Kier molecular flexibility index (Phi) is 5.05. The van der Waals surface area contributed by atoms with E-state index in [1.807, 2.05) is 0 Å². The fourth-order valence-electron chi connectivity index (χ4n) is 2.45. The molecular formula is C16H17F2N3O3. The van der Waals surface area contributed by atoms with Gasteiger partial charge in [0, 0.05) is 18.7 Å². The standard InChI is InChI=1S/C16H17F2N3O3/c17-11-1-2-15(13(18)5-11)23-9-12-6-14(21-24-12)16(22)20-8-10-3-4-19-7-10/h1-2,5-6,10,19H,3-4,7-9H2,(H,20,22)/t10-/m1/s1. The maximum atomic E-state index is 13.5. The zero-order chi connectivity index (χ0) is 16.9. The summed E-state index contributed by atoms with van der Waals surface area (Å²) in [5.74, 6) is -1.23. The van der Waals surface area contributed by atoms with Crippen LogP contribution in [0.25, 0.3) is 0 Å². The number of hydrogen-bond donors (Lipinski definition) is 2. The third-order valence-electron chi connectivity index (χ3n) is 3.77. The second-order valence-electron chi connectivity index (χ2n) is 5.61. The second-order valence-corrected chi connectivity index (χ2v) is 5.61. The van der Waals surface area contributed by atoms with Crippen LogP contribution in [0.1, 0.15) is 22.7 Å². The zero-order valence-corrected chi connectivity index (χ0v) is 12.9. The topological polar surface area (TPSA) is 76.4 Å². The van der Waals surface area contributed by atoms with Gasteiger partial charge in [-0.2, -0.15) is 0 Å². The lowest BCUT2D eigenvalue weighted by molar-refractivity contribution is 0.0938. The third-order valence-corrected chi connectivity index (χ3v) is 3.77. The first-order valence-electron chi connectivity index (χ1n) is 7.64. The Morgan fingerprint density at radius 3 is 3.04 bits per heavy atom. The molecule has 128 valence electrons. The summed E-state index contributed by atoms with van der Waals surface area (Å²) in [5, 5.41) is 9.70. The maximum absolute atomic E-state index is 13.5. The summed E-state index contributed by atoms with van der Waals surface area (Å²) in [6, 6.07) is 4.44. The highest BCUT2D eigenvalue weighted by molar-refractivity contribution is 5.92. The van der Waals surface area contributed by atoms with Crippen molar-refractivity contribution in [2.45, 2.75) is 13.0 Å². The molecule has 6 nitrogen and oxygen atoms in total. The van der Waals surface area contributed by atoms with Gasteiger partial charge in [-0.05, 0) is 37.6 Å². The number of carbonyl (C=O) groups excluding carboxylic acids is 1. The van der Waals surface area contributed by atoms with Gasteiger partial charge in [0.2, 0.25) is 0 Å². The van der Waals surface area contributed by atoms with Crippen LogP contribution in [0.15, 0.2) is 28.8 Å². The van der Waals surface area contributed by atoms with E-state index in [0.29, 0.717) is 12.5 Å². The molecule has 24 heavy (non-hydrogen) atoms. The van der Waals surface area contributed by atoms with Gasteiger partial charge in [0.15, 0.2) is 23.0 Å². The zero-order valence-electron chi connectivity index (χ0n) is 12.9. The van der Waals surface area contributed by atoms with Crippen LogP contribution in [-0.4, -0.2) is 30.7 Å². The fourth-order valence-corrected chi connectivity index (χ4v) is 2.45. The van der Waals surface area contributed by atoms with Crippen LogP contribution in [0, 0.1) is 17.6 Å². The Morgan fingerprint density at radius 1 is 1.42 bits per heavy atom. The first-order valence-corrected chi connectivity index (χ1v) is 7.64. The van der Waals surface area contributed by atoms with Gasteiger partial charge in [-0.3, -0.25) is 4.79 Å². The molecule has 1 aromatic heterocycles. The smallest absolute Gasteiger partial charge is 0.273 e. The quantitative estimate of drug-likeness (QED) is 0.842. The van der Waals surface area contributed by atoms with E-state index in [1.54, 1.807) is 0 Å². The van der Waals surface area contributed by atoms with E-state index < -0.39 is 11.6 Å². The largest absolute Gasteiger partial charge is 0.482 e. The number of carbonyl (C=O) groups is 1. The summed E-state index contributed by atoms with van der Waals surface area (Å²) in [6.45, 7) is 2.31. The van der Waals surface area contributed by atoms with E-state index in [4.69, 9.17) is 9.26 Å². The number of nitrogens with one attached hydrogen (secondary N) is 2.